The van der Waals surface area contributed by atoms with E-state index in [1.807, 2.05) is 0 Å². The van der Waals surface area contributed by atoms with Gasteiger partial charge in [-0.15, -0.1) is 0 Å². The van der Waals surface area contributed by atoms with E-state index in [4.69, 9.17) is 5.73 Å². The third kappa shape index (κ3) is 3.27. The fourth-order valence-electron chi connectivity index (χ4n) is 3.79. The van der Waals surface area contributed by atoms with E-state index in [1.54, 1.807) is 0 Å². The topological polar surface area (TPSA) is 29.3 Å². The molecule has 0 spiro atoms. The summed E-state index contributed by atoms with van der Waals surface area (Å²) in [6, 6.07) is 0.661. The van der Waals surface area contributed by atoms with Gasteiger partial charge in [0.2, 0.25) is 0 Å². The molecule has 0 aliphatic heterocycles. The molecule has 2 heteroatoms. The molecule has 1 aliphatic rings. The minimum absolute atomic E-state index is 0.287. The lowest BCUT2D eigenvalue weighted by atomic mass is 9.71. The Morgan fingerprint density at radius 1 is 1.17 bits per heavy atom. The number of rotatable bonds is 6. The summed E-state index contributed by atoms with van der Waals surface area (Å²) < 4.78 is 0. The fraction of sp³-hybridized carbons (Fsp3) is 1.00. The van der Waals surface area contributed by atoms with E-state index < -0.39 is 0 Å². The lowest BCUT2D eigenvalue weighted by Gasteiger charge is -2.50. The zero-order chi connectivity index (χ0) is 13.8. The van der Waals surface area contributed by atoms with Crippen LogP contribution in [0.4, 0.5) is 0 Å². The monoisotopic (exact) mass is 254 g/mol. The number of hydrogen-bond donors (Lipinski definition) is 1. The molecule has 2 nitrogen and oxygen atoms in total. The Morgan fingerprint density at radius 2 is 1.72 bits per heavy atom. The number of likely N-dealkylation sites (N-methyl/N-ethyl adjacent to an activating group) is 1. The zero-order valence-corrected chi connectivity index (χ0v) is 13.2. The third-order valence-electron chi connectivity index (χ3n) is 5.36. The predicted octanol–water partition coefficient (Wildman–Crippen LogP) is 3.65. The molecule has 1 saturated carbocycles. The molecule has 108 valence electrons. The first-order valence-electron chi connectivity index (χ1n) is 7.97. The van der Waals surface area contributed by atoms with Gasteiger partial charge < -0.3 is 5.73 Å². The summed E-state index contributed by atoms with van der Waals surface area (Å²) in [5.74, 6) is 1.75. The molecule has 0 amide bonds. The third-order valence-corrected chi connectivity index (χ3v) is 5.36. The van der Waals surface area contributed by atoms with Gasteiger partial charge in [0.15, 0.2) is 0 Å². The van der Waals surface area contributed by atoms with Gasteiger partial charge in [-0.25, -0.2) is 0 Å². The first-order chi connectivity index (χ1) is 8.50. The average Bonchev–Trinajstić information content (AvgIpc) is 2.39. The van der Waals surface area contributed by atoms with Gasteiger partial charge in [0.25, 0.3) is 0 Å². The lowest BCUT2D eigenvalue weighted by molar-refractivity contribution is 0.00994. The molecule has 2 N–H and O–H groups in total. The zero-order valence-electron chi connectivity index (χ0n) is 13.2. The van der Waals surface area contributed by atoms with Crippen LogP contribution in [0.5, 0.6) is 0 Å². The van der Waals surface area contributed by atoms with Crippen LogP contribution in [0, 0.1) is 11.8 Å². The van der Waals surface area contributed by atoms with Gasteiger partial charge in [0.1, 0.15) is 0 Å². The average molecular weight is 254 g/mol. The van der Waals surface area contributed by atoms with Gasteiger partial charge in [0, 0.05) is 18.1 Å². The van der Waals surface area contributed by atoms with Crippen LogP contribution < -0.4 is 5.73 Å². The van der Waals surface area contributed by atoms with Crippen LogP contribution in [0.3, 0.4) is 0 Å². The van der Waals surface area contributed by atoms with E-state index in [0.717, 1.165) is 24.9 Å². The van der Waals surface area contributed by atoms with E-state index in [2.05, 4.69) is 39.5 Å². The second kappa shape index (κ2) is 6.91. The van der Waals surface area contributed by atoms with Crippen molar-refractivity contribution >= 4 is 0 Å². The minimum atomic E-state index is 0.287. The van der Waals surface area contributed by atoms with Crippen molar-refractivity contribution in [2.24, 2.45) is 17.6 Å². The van der Waals surface area contributed by atoms with E-state index in [-0.39, 0.29) is 5.54 Å². The van der Waals surface area contributed by atoms with Crippen LogP contribution in [0.15, 0.2) is 0 Å². The van der Waals surface area contributed by atoms with Crippen LogP contribution in [0.1, 0.15) is 66.7 Å². The van der Waals surface area contributed by atoms with Crippen molar-refractivity contribution in [3.8, 4) is 0 Å². The Kier molecular flexibility index (Phi) is 6.13. The molecule has 18 heavy (non-hydrogen) atoms. The minimum Gasteiger partial charge on any atom is -0.329 e. The largest absolute Gasteiger partial charge is 0.329 e. The Balaban J connectivity index is 2.75. The highest BCUT2D eigenvalue weighted by molar-refractivity contribution is 4.97. The highest BCUT2D eigenvalue weighted by atomic mass is 15.2. The van der Waals surface area contributed by atoms with Gasteiger partial charge in [-0.3, -0.25) is 4.90 Å². The van der Waals surface area contributed by atoms with Crippen molar-refractivity contribution < 1.29 is 0 Å². The number of nitrogens with zero attached hydrogens (tertiary/aromatic N) is 1. The van der Waals surface area contributed by atoms with Gasteiger partial charge >= 0.3 is 0 Å². The SMILES string of the molecule is CCC(C)N(CC)C1(CN)CCC(C(C)C)CC1. The Morgan fingerprint density at radius 3 is 2.06 bits per heavy atom. The summed E-state index contributed by atoms with van der Waals surface area (Å²) in [7, 11) is 0. The molecule has 0 saturated heterocycles. The molecule has 0 aromatic rings. The van der Waals surface area contributed by atoms with Crippen molar-refractivity contribution in [1.29, 1.82) is 0 Å². The summed E-state index contributed by atoms with van der Waals surface area (Å²) >= 11 is 0. The maximum absolute atomic E-state index is 6.19. The summed E-state index contributed by atoms with van der Waals surface area (Å²) in [4.78, 5) is 2.68. The molecule has 0 aromatic carbocycles. The molecule has 0 radical (unpaired) electrons. The first-order valence-corrected chi connectivity index (χ1v) is 7.97. The Bertz CT molecular complexity index is 229. The maximum atomic E-state index is 6.19. The normalized spacial score (nSPS) is 31.0. The highest BCUT2D eigenvalue weighted by Crippen LogP contribution is 2.39. The van der Waals surface area contributed by atoms with Crippen molar-refractivity contribution in [2.75, 3.05) is 13.1 Å². The molecule has 1 atom stereocenters. The molecular weight excluding hydrogens is 220 g/mol. The molecule has 0 heterocycles. The number of nitrogens with two attached hydrogens (primary N) is 1. The van der Waals surface area contributed by atoms with E-state index in [9.17, 15) is 0 Å². The van der Waals surface area contributed by atoms with Crippen LogP contribution in [0.2, 0.25) is 0 Å². The second-order valence-electron chi connectivity index (χ2n) is 6.55. The Hall–Kier alpha value is -0.0800. The molecule has 1 unspecified atom stereocenters. The van der Waals surface area contributed by atoms with Crippen molar-refractivity contribution in [3.05, 3.63) is 0 Å². The van der Waals surface area contributed by atoms with Crippen molar-refractivity contribution in [2.45, 2.75) is 78.3 Å². The Labute approximate surface area is 114 Å². The van der Waals surface area contributed by atoms with Crippen LogP contribution >= 0.6 is 0 Å². The molecule has 1 rings (SSSR count). The second-order valence-corrected chi connectivity index (χ2v) is 6.55. The smallest absolute Gasteiger partial charge is 0.0334 e. The van der Waals surface area contributed by atoms with Crippen LogP contribution in [0.25, 0.3) is 0 Å². The van der Waals surface area contributed by atoms with Crippen molar-refractivity contribution in [1.82, 2.24) is 4.90 Å². The molecule has 1 aliphatic carbocycles. The lowest BCUT2D eigenvalue weighted by Crippen LogP contribution is -2.58. The molecule has 1 fully saturated rings. The maximum Gasteiger partial charge on any atom is 0.0334 e. The summed E-state index contributed by atoms with van der Waals surface area (Å²) in [5.41, 5.74) is 6.47. The quantitative estimate of drug-likeness (QED) is 0.784. The first kappa shape index (κ1) is 16.0. The fourth-order valence-corrected chi connectivity index (χ4v) is 3.79. The predicted molar refractivity (Wildman–Crippen MR) is 80.7 cm³/mol. The van der Waals surface area contributed by atoms with Gasteiger partial charge in [-0.05, 0) is 57.4 Å². The van der Waals surface area contributed by atoms with E-state index in [1.165, 1.54) is 32.1 Å². The summed E-state index contributed by atoms with van der Waals surface area (Å²) in [6.07, 6.45) is 6.54. The van der Waals surface area contributed by atoms with E-state index >= 15 is 0 Å². The van der Waals surface area contributed by atoms with Crippen LogP contribution in [-0.4, -0.2) is 29.6 Å². The molecule has 0 aromatic heterocycles. The summed E-state index contributed by atoms with van der Waals surface area (Å²) in [6.45, 7) is 13.6. The highest BCUT2D eigenvalue weighted by Gasteiger charge is 2.40. The summed E-state index contributed by atoms with van der Waals surface area (Å²) in [5, 5.41) is 0. The van der Waals surface area contributed by atoms with Gasteiger partial charge in [-0.2, -0.15) is 0 Å². The van der Waals surface area contributed by atoms with Gasteiger partial charge in [-0.1, -0.05) is 27.7 Å². The standard InChI is InChI=1S/C16H34N2/c1-6-14(5)18(7-2)16(12-17)10-8-15(9-11-16)13(3)4/h13-15H,6-12,17H2,1-5H3. The molecule has 0 bridgehead atoms. The van der Waals surface area contributed by atoms with Crippen LogP contribution in [-0.2, 0) is 0 Å². The van der Waals surface area contributed by atoms with E-state index in [0.29, 0.717) is 6.04 Å². The number of hydrogen-bond acceptors (Lipinski definition) is 2. The van der Waals surface area contributed by atoms with Crippen molar-refractivity contribution in [3.63, 3.8) is 0 Å². The molecular formula is C16H34N2. The van der Waals surface area contributed by atoms with Gasteiger partial charge in [0.05, 0.1) is 0 Å².